The van der Waals surface area contributed by atoms with E-state index in [4.69, 9.17) is 17.3 Å². The molecule has 2 aromatic rings. The number of nitrogens with two attached hydrogens (primary N) is 1. The smallest absolute Gasteiger partial charge is 0.227 e. The second kappa shape index (κ2) is 7.73. The summed E-state index contributed by atoms with van der Waals surface area (Å²) in [6, 6.07) is 13.5. The minimum atomic E-state index is -0.329. The highest BCUT2D eigenvalue weighted by molar-refractivity contribution is 9.10. The molecule has 0 saturated heterocycles. The molecule has 0 radical (unpaired) electrons. The van der Waals surface area contributed by atoms with Crippen molar-refractivity contribution in [2.75, 3.05) is 11.1 Å². The molecule has 3 nitrogen and oxygen atoms in total. The van der Waals surface area contributed by atoms with Crippen molar-refractivity contribution >= 4 is 50.9 Å². The van der Waals surface area contributed by atoms with E-state index < -0.39 is 0 Å². The van der Waals surface area contributed by atoms with Gasteiger partial charge in [0.1, 0.15) is 0 Å². The van der Waals surface area contributed by atoms with Gasteiger partial charge in [0.25, 0.3) is 0 Å². The number of hydrogen-bond donors (Lipinski definition) is 2. The average Bonchev–Trinajstić information content (AvgIpc) is 2.47. The number of benzene rings is 2. The second-order valence-corrected chi connectivity index (χ2v) is 6.68. The molecule has 0 saturated carbocycles. The highest BCUT2D eigenvalue weighted by Gasteiger charge is 2.06. The molecular weight excluding hydrogens is 372 g/mol. The van der Waals surface area contributed by atoms with Crippen molar-refractivity contribution in [1.82, 2.24) is 0 Å². The second-order valence-electron chi connectivity index (χ2n) is 4.34. The van der Waals surface area contributed by atoms with E-state index in [1.54, 1.807) is 0 Å². The first kappa shape index (κ1) is 16.2. The monoisotopic (exact) mass is 384 g/mol. The van der Waals surface area contributed by atoms with E-state index >= 15 is 0 Å². The van der Waals surface area contributed by atoms with Gasteiger partial charge in [0.2, 0.25) is 5.91 Å². The fraction of sp³-hybridized carbons (Fsp3) is 0.133. The molecule has 0 aliphatic heterocycles. The SMILES string of the molecule is NC(=O)CSc1ccccc1NCc1cc(Br)ccc1Cl. The fourth-order valence-corrected chi connectivity index (χ4v) is 3.12. The van der Waals surface area contributed by atoms with E-state index in [0.717, 1.165) is 20.6 Å². The normalized spacial score (nSPS) is 10.4. The lowest BCUT2D eigenvalue weighted by molar-refractivity contribution is -0.115. The first-order valence-corrected chi connectivity index (χ1v) is 8.40. The number of primary amides is 1. The third kappa shape index (κ3) is 4.95. The van der Waals surface area contributed by atoms with Gasteiger partial charge in [0, 0.05) is 26.6 Å². The lowest BCUT2D eigenvalue weighted by Gasteiger charge is -2.12. The lowest BCUT2D eigenvalue weighted by Crippen LogP contribution is -2.13. The van der Waals surface area contributed by atoms with Crippen LogP contribution in [0.3, 0.4) is 0 Å². The van der Waals surface area contributed by atoms with E-state index in [-0.39, 0.29) is 11.7 Å². The molecule has 0 aliphatic rings. The van der Waals surface area contributed by atoms with Crippen LogP contribution in [-0.2, 0) is 11.3 Å². The van der Waals surface area contributed by atoms with Crippen LogP contribution >= 0.6 is 39.3 Å². The van der Waals surface area contributed by atoms with E-state index in [2.05, 4.69) is 21.2 Å². The van der Waals surface area contributed by atoms with Gasteiger partial charge in [-0.3, -0.25) is 4.79 Å². The van der Waals surface area contributed by atoms with Crippen LogP contribution < -0.4 is 11.1 Å². The summed E-state index contributed by atoms with van der Waals surface area (Å²) in [7, 11) is 0. The molecule has 2 aromatic carbocycles. The molecule has 0 unspecified atom stereocenters. The molecule has 0 bridgehead atoms. The van der Waals surface area contributed by atoms with Crippen molar-refractivity contribution < 1.29 is 4.79 Å². The summed E-state index contributed by atoms with van der Waals surface area (Å²) in [5.41, 5.74) is 7.15. The predicted molar refractivity (Wildman–Crippen MR) is 92.8 cm³/mol. The van der Waals surface area contributed by atoms with Crippen molar-refractivity contribution in [1.29, 1.82) is 0 Å². The van der Waals surface area contributed by atoms with E-state index in [9.17, 15) is 4.79 Å². The molecule has 0 heterocycles. The lowest BCUT2D eigenvalue weighted by atomic mass is 10.2. The Hall–Kier alpha value is -1.17. The van der Waals surface area contributed by atoms with Crippen LogP contribution in [0.1, 0.15) is 5.56 Å². The van der Waals surface area contributed by atoms with Crippen LogP contribution in [0.25, 0.3) is 0 Å². The summed E-state index contributed by atoms with van der Waals surface area (Å²) in [5.74, 6) is -0.0686. The average molecular weight is 386 g/mol. The minimum Gasteiger partial charge on any atom is -0.380 e. The van der Waals surface area contributed by atoms with E-state index in [0.29, 0.717) is 11.6 Å². The summed E-state index contributed by atoms with van der Waals surface area (Å²) in [4.78, 5) is 11.9. The van der Waals surface area contributed by atoms with Crippen molar-refractivity contribution in [2.45, 2.75) is 11.4 Å². The van der Waals surface area contributed by atoms with E-state index in [1.165, 1.54) is 11.8 Å². The molecule has 2 rings (SSSR count). The quantitative estimate of drug-likeness (QED) is 0.729. The molecule has 110 valence electrons. The van der Waals surface area contributed by atoms with Crippen LogP contribution in [0.4, 0.5) is 5.69 Å². The molecule has 0 aliphatic carbocycles. The molecule has 21 heavy (non-hydrogen) atoms. The summed E-state index contributed by atoms with van der Waals surface area (Å²) >= 11 is 11.0. The summed E-state index contributed by atoms with van der Waals surface area (Å²) < 4.78 is 0.986. The molecule has 3 N–H and O–H groups in total. The van der Waals surface area contributed by atoms with Gasteiger partial charge >= 0.3 is 0 Å². The summed E-state index contributed by atoms with van der Waals surface area (Å²) in [5, 5.41) is 4.06. The Morgan fingerprint density at radius 3 is 2.81 bits per heavy atom. The molecule has 0 aromatic heterocycles. The largest absolute Gasteiger partial charge is 0.380 e. The Balaban J connectivity index is 2.09. The van der Waals surface area contributed by atoms with Gasteiger partial charge in [-0.15, -0.1) is 11.8 Å². The van der Waals surface area contributed by atoms with Crippen LogP contribution in [-0.4, -0.2) is 11.7 Å². The molecule has 6 heteroatoms. The predicted octanol–water partition coefficient (Wildman–Crippen LogP) is 4.29. The number of anilines is 1. The van der Waals surface area contributed by atoms with Crippen molar-refractivity contribution in [2.24, 2.45) is 5.73 Å². The molecule has 0 atom stereocenters. The van der Waals surface area contributed by atoms with E-state index in [1.807, 2.05) is 42.5 Å². The third-order valence-corrected chi connectivity index (χ3v) is 4.69. The number of amides is 1. The van der Waals surface area contributed by atoms with Crippen molar-refractivity contribution in [3.05, 3.63) is 57.5 Å². The number of hydrogen-bond acceptors (Lipinski definition) is 3. The van der Waals surface area contributed by atoms with Gasteiger partial charge in [-0.25, -0.2) is 0 Å². The van der Waals surface area contributed by atoms with Gasteiger partial charge in [0.05, 0.1) is 5.75 Å². The van der Waals surface area contributed by atoms with Gasteiger partial charge in [-0.1, -0.05) is 39.7 Å². The number of rotatable bonds is 6. The van der Waals surface area contributed by atoms with Gasteiger partial charge in [0.15, 0.2) is 0 Å². The summed E-state index contributed by atoms with van der Waals surface area (Å²) in [6.45, 7) is 0.604. The third-order valence-electron chi connectivity index (χ3n) is 2.73. The fourth-order valence-electron chi connectivity index (χ4n) is 1.76. The Kier molecular flexibility index (Phi) is 5.96. The zero-order chi connectivity index (χ0) is 15.2. The number of para-hydroxylation sites is 1. The standard InChI is InChI=1S/C15H14BrClN2OS/c16-11-5-6-12(17)10(7-11)8-19-13-3-1-2-4-14(13)21-9-15(18)20/h1-7,19H,8-9H2,(H2,18,20). The maximum atomic E-state index is 10.9. The molecule has 0 spiro atoms. The first-order valence-electron chi connectivity index (χ1n) is 6.24. The number of thioether (sulfide) groups is 1. The Morgan fingerprint density at radius 1 is 1.29 bits per heavy atom. The topological polar surface area (TPSA) is 55.1 Å². The summed E-state index contributed by atoms with van der Waals surface area (Å²) in [6.07, 6.45) is 0. The highest BCUT2D eigenvalue weighted by Crippen LogP contribution is 2.28. The van der Waals surface area contributed by atoms with Gasteiger partial charge in [-0.2, -0.15) is 0 Å². The van der Waals surface area contributed by atoms with Crippen molar-refractivity contribution in [3.8, 4) is 0 Å². The van der Waals surface area contributed by atoms with Gasteiger partial charge in [-0.05, 0) is 35.9 Å². The zero-order valence-corrected chi connectivity index (χ0v) is 14.3. The molecule has 1 amide bonds. The highest BCUT2D eigenvalue weighted by atomic mass is 79.9. The minimum absolute atomic E-state index is 0.260. The Labute approximate surface area is 141 Å². The zero-order valence-electron chi connectivity index (χ0n) is 11.1. The van der Waals surface area contributed by atoms with Crippen LogP contribution in [0, 0.1) is 0 Å². The number of carbonyl (C=O) groups excluding carboxylic acids is 1. The van der Waals surface area contributed by atoms with Crippen LogP contribution in [0.2, 0.25) is 5.02 Å². The molecule has 0 fully saturated rings. The number of carbonyl (C=O) groups is 1. The van der Waals surface area contributed by atoms with Crippen molar-refractivity contribution in [3.63, 3.8) is 0 Å². The number of halogens is 2. The first-order chi connectivity index (χ1) is 10.1. The Bertz CT molecular complexity index is 651. The van der Waals surface area contributed by atoms with Crippen LogP contribution in [0.15, 0.2) is 51.8 Å². The molecular formula is C15H14BrClN2OS. The van der Waals surface area contributed by atoms with Crippen LogP contribution in [0.5, 0.6) is 0 Å². The maximum Gasteiger partial charge on any atom is 0.227 e. The van der Waals surface area contributed by atoms with Gasteiger partial charge < -0.3 is 11.1 Å². The Morgan fingerprint density at radius 2 is 2.05 bits per heavy atom. The maximum absolute atomic E-state index is 10.9. The number of nitrogens with one attached hydrogen (secondary N) is 1.